The van der Waals surface area contributed by atoms with Crippen molar-refractivity contribution in [2.45, 2.75) is 58.2 Å². The Labute approximate surface area is 204 Å². The molecule has 2 rings (SSSR count). The molecule has 0 amide bonds. The summed E-state index contributed by atoms with van der Waals surface area (Å²) in [5, 5.41) is 20.9. The summed E-state index contributed by atoms with van der Waals surface area (Å²) in [6, 6.07) is 7.13. The van der Waals surface area contributed by atoms with Crippen LogP contribution in [0.25, 0.3) is 0 Å². The predicted molar refractivity (Wildman–Crippen MR) is 129 cm³/mol. The molecule has 0 spiro atoms. The molecule has 0 bridgehead atoms. The SMILES string of the molecule is CCC(O)COc1c(Cl)cc(C(C)(C)c2cc(Cl)c(OCC(O)CC)c(Cl)c2)cc1Cl. The number of halogens is 4. The number of hydrogen-bond acceptors (Lipinski definition) is 4. The summed E-state index contributed by atoms with van der Waals surface area (Å²) in [6.07, 6.45) is -0.0451. The summed E-state index contributed by atoms with van der Waals surface area (Å²) in [7, 11) is 0. The van der Waals surface area contributed by atoms with Crippen molar-refractivity contribution in [3.8, 4) is 11.5 Å². The van der Waals surface area contributed by atoms with Gasteiger partial charge in [-0.05, 0) is 48.2 Å². The quantitative estimate of drug-likeness (QED) is 0.364. The Kier molecular flexibility index (Phi) is 9.62. The molecule has 0 saturated heterocycles. The maximum absolute atomic E-state index is 9.73. The molecule has 0 fully saturated rings. The highest BCUT2D eigenvalue weighted by Crippen LogP contribution is 2.43. The molecule has 2 N–H and O–H groups in total. The van der Waals surface area contributed by atoms with Crippen LogP contribution in [-0.4, -0.2) is 35.6 Å². The highest BCUT2D eigenvalue weighted by molar-refractivity contribution is 6.38. The molecule has 2 aromatic carbocycles. The van der Waals surface area contributed by atoms with Crippen LogP contribution in [0.5, 0.6) is 11.5 Å². The number of benzene rings is 2. The molecular weight excluding hydrogens is 482 g/mol. The summed E-state index contributed by atoms with van der Waals surface area (Å²) >= 11 is 25.8. The number of aliphatic hydroxyl groups is 2. The Morgan fingerprint density at radius 1 is 0.710 bits per heavy atom. The highest BCUT2D eigenvalue weighted by atomic mass is 35.5. The molecule has 0 heterocycles. The van der Waals surface area contributed by atoms with E-state index in [-0.39, 0.29) is 13.2 Å². The Bertz CT molecular complexity index is 784. The van der Waals surface area contributed by atoms with E-state index in [9.17, 15) is 10.2 Å². The molecule has 2 unspecified atom stereocenters. The van der Waals surface area contributed by atoms with Crippen LogP contribution in [0.3, 0.4) is 0 Å². The zero-order chi connectivity index (χ0) is 23.3. The van der Waals surface area contributed by atoms with E-state index in [0.29, 0.717) is 44.4 Å². The minimum atomic E-state index is -0.591. The van der Waals surface area contributed by atoms with Gasteiger partial charge in [-0.2, -0.15) is 0 Å². The van der Waals surface area contributed by atoms with Gasteiger partial charge in [-0.25, -0.2) is 0 Å². The molecule has 2 aromatic rings. The summed E-state index contributed by atoms with van der Waals surface area (Å²) in [5.74, 6) is 0.675. The molecule has 0 radical (unpaired) electrons. The van der Waals surface area contributed by atoms with Gasteiger partial charge in [0.25, 0.3) is 0 Å². The van der Waals surface area contributed by atoms with Crippen LogP contribution in [-0.2, 0) is 5.41 Å². The van der Waals surface area contributed by atoms with Gasteiger partial charge in [-0.3, -0.25) is 0 Å². The average molecular weight is 510 g/mol. The molecule has 0 aliphatic rings. The van der Waals surface area contributed by atoms with E-state index in [4.69, 9.17) is 55.9 Å². The fraction of sp³-hybridized carbons (Fsp3) is 0.478. The lowest BCUT2D eigenvalue weighted by molar-refractivity contribution is 0.104. The summed E-state index contributed by atoms with van der Waals surface area (Å²) < 4.78 is 11.2. The van der Waals surface area contributed by atoms with Crippen LogP contribution >= 0.6 is 46.4 Å². The van der Waals surface area contributed by atoms with Gasteiger partial charge in [0.1, 0.15) is 13.2 Å². The van der Waals surface area contributed by atoms with Gasteiger partial charge < -0.3 is 19.7 Å². The topological polar surface area (TPSA) is 58.9 Å². The van der Waals surface area contributed by atoms with Crippen molar-refractivity contribution in [3.63, 3.8) is 0 Å². The smallest absolute Gasteiger partial charge is 0.156 e. The molecule has 31 heavy (non-hydrogen) atoms. The Morgan fingerprint density at radius 2 is 1.00 bits per heavy atom. The first-order valence-electron chi connectivity index (χ1n) is 10.1. The van der Waals surface area contributed by atoms with Gasteiger partial charge in [-0.15, -0.1) is 0 Å². The Balaban J connectivity index is 2.34. The third-order valence-corrected chi connectivity index (χ3v) is 6.35. The van der Waals surface area contributed by atoms with Crippen LogP contribution in [0.1, 0.15) is 51.7 Å². The lowest BCUT2D eigenvalue weighted by atomic mass is 9.78. The standard InChI is InChI=1S/C23H28Cl4O4/c1-5-15(28)11-30-21-17(24)7-13(8-18(21)25)23(3,4)14-9-19(26)22(20(27)10-14)31-12-16(29)6-2/h7-10,15-16,28-29H,5-6,11-12H2,1-4H3. The van der Waals surface area contributed by atoms with Crippen LogP contribution < -0.4 is 9.47 Å². The van der Waals surface area contributed by atoms with Crippen molar-refractivity contribution in [3.05, 3.63) is 55.5 Å². The Morgan fingerprint density at radius 3 is 1.26 bits per heavy atom. The molecule has 172 valence electrons. The van der Waals surface area contributed by atoms with Gasteiger partial charge in [0, 0.05) is 5.41 Å². The van der Waals surface area contributed by atoms with Gasteiger partial charge in [0.2, 0.25) is 0 Å². The third-order valence-electron chi connectivity index (χ3n) is 5.22. The van der Waals surface area contributed by atoms with Crippen molar-refractivity contribution >= 4 is 46.4 Å². The number of rotatable bonds is 10. The zero-order valence-electron chi connectivity index (χ0n) is 18.0. The van der Waals surface area contributed by atoms with E-state index in [2.05, 4.69) is 0 Å². The predicted octanol–water partition coefficient (Wildman–Crippen LogP) is 6.93. The first kappa shape index (κ1) is 26.4. The fourth-order valence-corrected chi connectivity index (χ4v) is 4.07. The Hall–Kier alpha value is -0.880. The molecule has 4 nitrogen and oxygen atoms in total. The van der Waals surface area contributed by atoms with Crippen LogP contribution in [0.2, 0.25) is 20.1 Å². The average Bonchev–Trinajstić information content (AvgIpc) is 2.71. The van der Waals surface area contributed by atoms with Crippen molar-refractivity contribution in [2.75, 3.05) is 13.2 Å². The van der Waals surface area contributed by atoms with Gasteiger partial charge >= 0.3 is 0 Å². The first-order chi connectivity index (χ1) is 14.5. The normalized spacial score (nSPS) is 13.7. The molecule has 8 heteroatoms. The van der Waals surface area contributed by atoms with E-state index in [1.54, 1.807) is 24.3 Å². The molecule has 0 aliphatic carbocycles. The second-order valence-corrected chi connectivity index (χ2v) is 9.54. The second kappa shape index (κ2) is 11.3. The van der Waals surface area contributed by atoms with Crippen LogP contribution in [0.4, 0.5) is 0 Å². The maximum Gasteiger partial charge on any atom is 0.156 e. The minimum absolute atomic E-state index is 0.109. The largest absolute Gasteiger partial charge is 0.488 e. The minimum Gasteiger partial charge on any atom is -0.488 e. The zero-order valence-corrected chi connectivity index (χ0v) is 21.0. The lowest BCUT2D eigenvalue weighted by Crippen LogP contribution is -2.20. The number of hydrogen-bond donors (Lipinski definition) is 2. The lowest BCUT2D eigenvalue weighted by Gasteiger charge is -2.28. The number of aliphatic hydroxyl groups excluding tert-OH is 2. The molecule has 0 aliphatic heterocycles. The van der Waals surface area contributed by atoms with Crippen molar-refractivity contribution in [1.82, 2.24) is 0 Å². The van der Waals surface area contributed by atoms with E-state index in [1.165, 1.54) is 0 Å². The van der Waals surface area contributed by atoms with E-state index in [1.807, 2.05) is 27.7 Å². The van der Waals surface area contributed by atoms with E-state index < -0.39 is 17.6 Å². The highest BCUT2D eigenvalue weighted by Gasteiger charge is 2.28. The van der Waals surface area contributed by atoms with Crippen LogP contribution in [0.15, 0.2) is 24.3 Å². The first-order valence-corrected chi connectivity index (χ1v) is 11.6. The van der Waals surface area contributed by atoms with Gasteiger partial charge in [0.15, 0.2) is 11.5 Å². The fourth-order valence-electron chi connectivity index (χ4n) is 2.88. The summed E-state index contributed by atoms with van der Waals surface area (Å²) in [6.45, 7) is 7.94. The van der Waals surface area contributed by atoms with E-state index >= 15 is 0 Å². The van der Waals surface area contributed by atoms with Crippen LogP contribution in [0, 0.1) is 0 Å². The summed E-state index contributed by atoms with van der Waals surface area (Å²) in [5.41, 5.74) is 1.14. The van der Waals surface area contributed by atoms with Crippen molar-refractivity contribution < 1.29 is 19.7 Å². The van der Waals surface area contributed by atoms with Crippen molar-refractivity contribution in [1.29, 1.82) is 0 Å². The molecular formula is C23H28Cl4O4. The van der Waals surface area contributed by atoms with Gasteiger partial charge in [0.05, 0.1) is 32.3 Å². The van der Waals surface area contributed by atoms with Crippen molar-refractivity contribution in [2.24, 2.45) is 0 Å². The monoisotopic (exact) mass is 508 g/mol. The number of ether oxygens (including phenoxy) is 2. The molecule has 0 aromatic heterocycles. The van der Waals surface area contributed by atoms with Gasteiger partial charge in [-0.1, -0.05) is 74.1 Å². The molecule has 0 saturated carbocycles. The second-order valence-electron chi connectivity index (χ2n) is 7.91. The van der Waals surface area contributed by atoms with E-state index in [0.717, 1.165) is 11.1 Å². The third kappa shape index (κ3) is 6.56. The maximum atomic E-state index is 9.73. The molecule has 2 atom stereocenters. The summed E-state index contributed by atoms with van der Waals surface area (Å²) in [4.78, 5) is 0.